The zero-order chi connectivity index (χ0) is 22.3. The lowest BCUT2D eigenvalue weighted by Gasteiger charge is -2.30. The van der Waals surface area contributed by atoms with E-state index in [1.165, 1.54) is 23.7 Å². The number of aryl methyl sites for hydroxylation is 1. The van der Waals surface area contributed by atoms with E-state index in [9.17, 15) is 4.79 Å². The Kier molecular flexibility index (Phi) is 7.47. The molecule has 4 rings (SSSR count). The maximum Gasteiger partial charge on any atom is 0.233 e. The van der Waals surface area contributed by atoms with Gasteiger partial charge in [-0.2, -0.15) is 0 Å². The number of piperidine rings is 1. The van der Waals surface area contributed by atoms with E-state index in [1.54, 1.807) is 7.11 Å². The van der Waals surface area contributed by atoms with E-state index in [1.807, 2.05) is 35.2 Å². The van der Waals surface area contributed by atoms with Gasteiger partial charge in [0.2, 0.25) is 5.91 Å². The van der Waals surface area contributed by atoms with Gasteiger partial charge in [-0.15, -0.1) is 10.2 Å². The molecule has 0 spiro atoms. The largest absolute Gasteiger partial charge is 0.496 e. The van der Waals surface area contributed by atoms with Crippen LogP contribution in [0.1, 0.15) is 25.3 Å². The third-order valence-electron chi connectivity index (χ3n) is 5.87. The molecule has 0 aliphatic carbocycles. The number of rotatable bonds is 8. The molecule has 1 saturated heterocycles. The molecule has 1 amide bonds. The van der Waals surface area contributed by atoms with Crippen LogP contribution in [0.2, 0.25) is 0 Å². The van der Waals surface area contributed by atoms with E-state index in [2.05, 4.69) is 46.0 Å². The Morgan fingerprint density at radius 2 is 1.91 bits per heavy atom. The third-order valence-corrected chi connectivity index (χ3v) is 6.82. The van der Waals surface area contributed by atoms with Gasteiger partial charge in [-0.1, -0.05) is 61.2 Å². The summed E-state index contributed by atoms with van der Waals surface area (Å²) in [6, 6.07) is 18.2. The van der Waals surface area contributed by atoms with Crippen LogP contribution in [-0.2, 0) is 17.8 Å². The van der Waals surface area contributed by atoms with Gasteiger partial charge in [0.1, 0.15) is 5.75 Å². The van der Waals surface area contributed by atoms with Gasteiger partial charge in [0.15, 0.2) is 11.0 Å². The molecule has 1 unspecified atom stereocenters. The minimum absolute atomic E-state index is 0.179. The molecule has 1 fully saturated rings. The molecule has 1 aromatic heterocycles. The molecule has 2 heterocycles. The summed E-state index contributed by atoms with van der Waals surface area (Å²) in [6.45, 7) is 4.65. The number of benzene rings is 2. The second-order valence-corrected chi connectivity index (χ2v) is 9.21. The number of nitrogens with zero attached hydrogens (tertiary/aromatic N) is 4. The van der Waals surface area contributed by atoms with Gasteiger partial charge < -0.3 is 14.2 Å². The van der Waals surface area contributed by atoms with E-state index >= 15 is 0 Å². The monoisotopic (exact) mass is 450 g/mol. The molecule has 0 N–H and O–H groups in total. The fourth-order valence-corrected chi connectivity index (χ4v) is 5.01. The zero-order valence-electron chi connectivity index (χ0n) is 18.7. The smallest absolute Gasteiger partial charge is 0.233 e. The lowest BCUT2D eigenvalue weighted by molar-refractivity contribution is -0.130. The summed E-state index contributed by atoms with van der Waals surface area (Å²) in [4.78, 5) is 14.8. The first-order valence-corrected chi connectivity index (χ1v) is 12.2. The molecule has 1 aliphatic rings. The van der Waals surface area contributed by atoms with Gasteiger partial charge in [0, 0.05) is 19.6 Å². The van der Waals surface area contributed by atoms with Crippen LogP contribution in [0.4, 0.5) is 0 Å². The number of likely N-dealkylation sites (tertiary alicyclic amines) is 1. The number of carbonyl (C=O) groups is 1. The highest BCUT2D eigenvalue weighted by Gasteiger charge is 2.23. The van der Waals surface area contributed by atoms with Gasteiger partial charge in [0.25, 0.3) is 0 Å². The molecule has 168 valence electrons. The van der Waals surface area contributed by atoms with Crippen molar-refractivity contribution in [3.05, 3.63) is 60.2 Å². The minimum Gasteiger partial charge on any atom is -0.496 e. The first-order valence-electron chi connectivity index (χ1n) is 11.2. The topological polar surface area (TPSA) is 60.3 Å². The van der Waals surface area contributed by atoms with Crippen molar-refractivity contribution in [3.63, 3.8) is 0 Å². The van der Waals surface area contributed by atoms with Crippen molar-refractivity contribution in [3.8, 4) is 17.1 Å². The molecule has 0 saturated carbocycles. The molecule has 3 aromatic rings. The molecular formula is C25H30N4O2S. The SMILES string of the molecule is COc1ccccc1-c1nnc(SCC(=O)N2CCCC(C)C2)n1CCc1ccccc1. The molecule has 0 radical (unpaired) electrons. The second-order valence-electron chi connectivity index (χ2n) is 8.27. The van der Waals surface area contributed by atoms with Crippen molar-refractivity contribution in [2.75, 3.05) is 26.0 Å². The quantitative estimate of drug-likeness (QED) is 0.471. The van der Waals surface area contributed by atoms with Crippen molar-refractivity contribution in [2.24, 2.45) is 5.92 Å². The van der Waals surface area contributed by atoms with Crippen LogP contribution in [-0.4, -0.2) is 51.5 Å². The number of methoxy groups -OCH3 is 1. The van der Waals surface area contributed by atoms with Crippen molar-refractivity contribution in [1.29, 1.82) is 0 Å². The van der Waals surface area contributed by atoms with Gasteiger partial charge in [-0.3, -0.25) is 4.79 Å². The summed E-state index contributed by atoms with van der Waals surface area (Å²) < 4.78 is 7.68. The summed E-state index contributed by atoms with van der Waals surface area (Å²) >= 11 is 1.47. The van der Waals surface area contributed by atoms with Gasteiger partial charge in [0.05, 0.1) is 18.4 Å². The maximum absolute atomic E-state index is 12.8. The van der Waals surface area contributed by atoms with Crippen LogP contribution in [0, 0.1) is 5.92 Å². The number of ether oxygens (including phenoxy) is 1. The number of aromatic nitrogens is 3. The standard InChI is InChI=1S/C25H30N4O2S/c1-19-9-8-15-28(17-19)23(30)18-32-25-27-26-24(21-12-6-7-13-22(21)31-2)29(25)16-14-20-10-4-3-5-11-20/h3-7,10-13,19H,8-9,14-18H2,1-2H3. The van der Waals surface area contributed by atoms with Gasteiger partial charge in [-0.05, 0) is 42.9 Å². The number of hydrogen-bond acceptors (Lipinski definition) is 5. The summed E-state index contributed by atoms with van der Waals surface area (Å²) in [5.74, 6) is 2.65. The summed E-state index contributed by atoms with van der Waals surface area (Å²) in [5.41, 5.74) is 2.15. The van der Waals surface area contributed by atoms with Crippen molar-refractivity contribution in [2.45, 2.75) is 37.9 Å². The van der Waals surface area contributed by atoms with E-state index < -0.39 is 0 Å². The first kappa shape index (κ1) is 22.4. The molecule has 1 aliphatic heterocycles. The van der Waals surface area contributed by atoms with E-state index in [0.717, 1.165) is 54.8 Å². The zero-order valence-corrected chi connectivity index (χ0v) is 19.6. The van der Waals surface area contributed by atoms with E-state index in [-0.39, 0.29) is 5.91 Å². The first-order chi connectivity index (χ1) is 15.7. The van der Waals surface area contributed by atoms with Crippen LogP contribution in [0.5, 0.6) is 5.75 Å². The average molecular weight is 451 g/mol. The lowest BCUT2D eigenvalue weighted by Crippen LogP contribution is -2.40. The normalized spacial score (nSPS) is 16.2. The summed E-state index contributed by atoms with van der Waals surface area (Å²) in [6.07, 6.45) is 3.14. The highest BCUT2D eigenvalue weighted by molar-refractivity contribution is 7.99. The highest BCUT2D eigenvalue weighted by Crippen LogP contribution is 2.31. The van der Waals surface area contributed by atoms with E-state index in [0.29, 0.717) is 11.7 Å². The Labute approximate surface area is 194 Å². The second kappa shape index (κ2) is 10.7. The van der Waals surface area contributed by atoms with Crippen molar-refractivity contribution >= 4 is 17.7 Å². The molecule has 2 aromatic carbocycles. The van der Waals surface area contributed by atoms with Crippen LogP contribution in [0.15, 0.2) is 59.8 Å². The Hall–Kier alpha value is -2.80. The van der Waals surface area contributed by atoms with Crippen LogP contribution in [0.3, 0.4) is 0 Å². The summed E-state index contributed by atoms with van der Waals surface area (Å²) in [5, 5.41) is 9.72. The molecule has 32 heavy (non-hydrogen) atoms. The average Bonchev–Trinajstić information content (AvgIpc) is 3.24. The number of carbonyl (C=O) groups excluding carboxylic acids is 1. The molecular weight excluding hydrogens is 420 g/mol. The fourth-order valence-electron chi connectivity index (χ4n) is 4.14. The van der Waals surface area contributed by atoms with Crippen molar-refractivity contribution < 1.29 is 9.53 Å². The Morgan fingerprint density at radius 1 is 1.12 bits per heavy atom. The van der Waals surface area contributed by atoms with Crippen molar-refractivity contribution in [1.82, 2.24) is 19.7 Å². The summed E-state index contributed by atoms with van der Waals surface area (Å²) in [7, 11) is 1.66. The maximum atomic E-state index is 12.8. The highest BCUT2D eigenvalue weighted by atomic mass is 32.2. The lowest BCUT2D eigenvalue weighted by atomic mass is 10.0. The Morgan fingerprint density at radius 3 is 2.69 bits per heavy atom. The fraction of sp³-hybridized carbons (Fsp3) is 0.400. The number of amides is 1. The van der Waals surface area contributed by atoms with Crippen LogP contribution in [0.25, 0.3) is 11.4 Å². The number of para-hydroxylation sites is 1. The van der Waals surface area contributed by atoms with E-state index in [4.69, 9.17) is 4.74 Å². The Bertz CT molecular complexity index is 1040. The number of hydrogen-bond donors (Lipinski definition) is 0. The van der Waals surface area contributed by atoms with Crippen LogP contribution < -0.4 is 4.74 Å². The predicted octanol–water partition coefficient (Wildman–Crippen LogP) is 4.55. The molecule has 0 bridgehead atoms. The molecule has 6 nitrogen and oxygen atoms in total. The third kappa shape index (κ3) is 5.33. The van der Waals surface area contributed by atoms with Gasteiger partial charge in [-0.25, -0.2) is 0 Å². The predicted molar refractivity (Wildman–Crippen MR) is 128 cm³/mol. The molecule has 1 atom stereocenters. The van der Waals surface area contributed by atoms with Gasteiger partial charge >= 0.3 is 0 Å². The Balaban J connectivity index is 1.55. The van der Waals surface area contributed by atoms with Crippen LogP contribution >= 0.6 is 11.8 Å². The number of thioether (sulfide) groups is 1. The molecule has 7 heteroatoms. The minimum atomic E-state index is 0.179.